The van der Waals surface area contributed by atoms with Crippen LogP contribution in [0.4, 0.5) is 0 Å². The second kappa shape index (κ2) is 3.38. The van der Waals surface area contributed by atoms with E-state index in [2.05, 4.69) is 31.1 Å². The summed E-state index contributed by atoms with van der Waals surface area (Å²) in [5.74, 6) is 1.75. The lowest BCUT2D eigenvalue weighted by Gasteiger charge is -2.36. The van der Waals surface area contributed by atoms with E-state index in [1.54, 1.807) is 0 Å². The topological polar surface area (TPSA) is 37.3 Å². The highest BCUT2D eigenvalue weighted by Gasteiger charge is 2.67. The zero-order valence-electron chi connectivity index (χ0n) is 11.9. The van der Waals surface area contributed by atoms with Crippen LogP contribution in [0.15, 0.2) is 29.4 Å². The predicted molar refractivity (Wildman–Crippen MR) is 76.1 cm³/mol. The van der Waals surface area contributed by atoms with Crippen LogP contribution in [0.5, 0.6) is 0 Å². The quantitative estimate of drug-likeness (QED) is 0.837. The molecular formula is C16H21N3. The molecular weight excluding hydrogens is 234 g/mol. The van der Waals surface area contributed by atoms with Gasteiger partial charge in [0.2, 0.25) is 0 Å². The van der Waals surface area contributed by atoms with Crippen molar-refractivity contribution in [3.05, 3.63) is 30.1 Å². The second-order valence-corrected chi connectivity index (χ2v) is 7.09. The van der Waals surface area contributed by atoms with Crippen molar-refractivity contribution in [2.24, 2.45) is 21.7 Å². The molecule has 0 unspecified atom stereocenters. The Hall–Kier alpha value is -1.38. The number of fused-ring (bicyclic) bond motifs is 5. The first-order valence-corrected chi connectivity index (χ1v) is 7.30. The van der Waals surface area contributed by atoms with E-state index < -0.39 is 0 Å². The normalized spacial score (nSPS) is 41.8. The van der Waals surface area contributed by atoms with E-state index in [0.29, 0.717) is 22.9 Å². The fourth-order valence-corrected chi connectivity index (χ4v) is 4.72. The van der Waals surface area contributed by atoms with Crippen molar-refractivity contribution < 1.29 is 0 Å². The number of aliphatic imine (C=N–C) groups is 1. The molecule has 1 aromatic rings. The van der Waals surface area contributed by atoms with Crippen LogP contribution in [0.2, 0.25) is 0 Å². The lowest BCUT2D eigenvalue weighted by atomic mass is 9.69. The van der Waals surface area contributed by atoms with Gasteiger partial charge in [0, 0.05) is 6.20 Å². The summed E-state index contributed by atoms with van der Waals surface area (Å²) in [7, 11) is 0. The number of aromatic nitrogens is 1. The summed E-state index contributed by atoms with van der Waals surface area (Å²) in [6.45, 7) is 7.30. The Morgan fingerprint density at radius 1 is 1.26 bits per heavy atom. The molecule has 3 nitrogen and oxygen atoms in total. The Kier molecular flexibility index (Phi) is 2.04. The molecule has 2 saturated carbocycles. The van der Waals surface area contributed by atoms with Crippen LogP contribution in [0.3, 0.4) is 0 Å². The van der Waals surface area contributed by atoms with E-state index in [1.807, 2.05) is 24.4 Å². The standard InChI is InChI=1S/C16H21N3/c1-15(2)10-7-8-16(15,3)13-12(10)18-14(19-13)11-6-4-5-9-17-11/h4-6,9-10,12-13H,7-8H2,1-3H3,(H,18,19)/t10-,12-,13-,16+/m1/s1. The van der Waals surface area contributed by atoms with Crippen molar-refractivity contribution >= 4 is 5.84 Å². The van der Waals surface area contributed by atoms with Crippen LogP contribution in [-0.2, 0) is 0 Å². The summed E-state index contributed by atoms with van der Waals surface area (Å²) >= 11 is 0. The van der Waals surface area contributed by atoms with E-state index in [0.717, 1.165) is 17.4 Å². The van der Waals surface area contributed by atoms with Crippen molar-refractivity contribution in [1.82, 2.24) is 10.3 Å². The minimum Gasteiger partial charge on any atom is -0.363 e. The average Bonchev–Trinajstić information content (AvgIpc) is 2.97. The molecule has 2 aliphatic carbocycles. The van der Waals surface area contributed by atoms with Crippen LogP contribution in [-0.4, -0.2) is 22.9 Å². The van der Waals surface area contributed by atoms with Crippen LogP contribution >= 0.6 is 0 Å². The molecule has 0 amide bonds. The van der Waals surface area contributed by atoms with Gasteiger partial charge in [0.1, 0.15) is 11.5 Å². The Labute approximate surface area is 114 Å². The number of pyridine rings is 1. The van der Waals surface area contributed by atoms with Crippen molar-refractivity contribution in [2.45, 2.75) is 45.7 Å². The summed E-state index contributed by atoms with van der Waals surface area (Å²) in [6.07, 6.45) is 4.49. The van der Waals surface area contributed by atoms with Gasteiger partial charge in [-0.1, -0.05) is 26.8 Å². The highest BCUT2D eigenvalue weighted by Crippen LogP contribution is 2.67. The average molecular weight is 255 g/mol. The Bertz CT molecular complexity index is 548. The van der Waals surface area contributed by atoms with E-state index in [1.165, 1.54) is 12.8 Å². The number of hydrogen-bond acceptors (Lipinski definition) is 3. The number of rotatable bonds is 1. The maximum atomic E-state index is 5.01. The molecule has 2 bridgehead atoms. The van der Waals surface area contributed by atoms with E-state index in [9.17, 15) is 0 Å². The summed E-state index contributed by atoms with van der Waals surface area (Å²) < 4.78 is 0. The Balaban J connectivity index is 1.74. The first kappa shape index (κ1) is 11.4. The third kappa shape index (κ3) is 1.24. The van der Waals surface area contributed by atoms with Gasteiger partial charge in [0.15, 0.2) is 0 Å². The number of amidine groups is 1. The fourth-order valence-electron chi connectivity index (χ4n) is 4.72. The van der Waals surface area contributed by atoms with E-state index in [-0.39, 0.29) is 0 Å². The molecule has 100 valence electrons. The molecule has 0 aromatic carbocycles. The monoisotopic (exact) mass is 255 g/mol. The molecule has 0 radical (unpaired) electrons. The number of hydrogen-bond donors (Lipinski definition) is 1. The molecule has 0 saturated heterocycles. The predicted octanol–water partition coefficient (Wildman–Crippen LogP) is 2.62. The molecule has 0 spiro atoms. The molecule has 1 N–H and O–H groups in total. The fraction of sp³-hybridized carbons (Fsp3) is 0.625. The molecule has 2 heterocycles. The van der Waals surface area contributed by atoms with Gasteiger partial charge in [0.05, 0.1) is 12.1 Å². The van der Waals surface area contributed by atoms with Crippen LogP contribution in [0, 0.1) is 16.7 Å². The van der Waals surface area contributed by atoms with Gasteiger partial charge >= 0.3 is 0 Å². The largest absolute Gasteiger partial charge is 0.363 e. The maximum absolute atomic E-state index is 5.01. The number of nitrogens with one attached hydrogen (secondary N) is 1. The molecule has 4 rings (SSSR count). The van der Waals surface area contributed by atoms with Gasteiger partial charge in [0.25, 0.3) is 0 Å². The van der Waals surface area contributed by atoms with Crippen molar-refractivity contribution in [1.29, 1.82) is 0 Å². The SMILES string of the molecule is CC1(C)[C@@H]2CC[C@@]1(C)[C@@H]1N=C(c3ccccn3)N[C@H]21. The van der Waals surface area contributed by atoms with Gasteiger partial charge in [-0.15, -0.1) is 0 Å². The molecule has 3 heteroatoms. The highest BCUT2D eigenvalue weighted by molar-refractivity contribution is 5.98. The van der Waals surface area contributed by atoms with Crippen molar-refractivity contribution in [2.75, 3.05) is 0 Å². The van der Waals surface area contributed by atoms with Crippen molar-refractivity contribution in [3.63, 3.8) is 0 Å². The minimum absolute atomic E-state index is 0.339. The third-order valence-electron chi connectivity index (χ3n) is 6.28. The van der Waals surface area contributed by atoms with Gasteiger partial charge in [-0.25, -0.2) is 0 Å². The first-order chi connectivity index (χ1) is 9.04. The second-order valence-electron chi connectivity index (χ2n) is 7.09. The Morgan fingerprint density at radius 2 is 2.11 bits per heavy atom. The molecule has 1 aromatic heterocycles. The summed E-state index contributed by atoms with van der Waals surface area (Å²) in [5.41, 5.74) is 1.72. The van der Waals surface area contributed by atoms with Crippen LogP contribution < -0.4 is 5.32 Å². The van der Waals surface area contributed by atoms with Gasteiger partial charge in [-0.05, 0) is 41.7 Å². The number of nitrogens with zero attached hydrogens (tertiary/aromatic N) is 2. The molecule has 4 atom stereocenters. The molecule has 3 aliphatic rings. The highest BCUT2D eigenvalue weighted by atomic mass is 15.2. The zero-order valence-corrected chi connectivity index (χ0v) is 11.9. The lowest BCUT2D eigenvalue weighted by molar-refractivity contribution is 0.137. The Morgan fingerprint density at radius 3 is 2.79 bits per heavy atom. The van der Waals surface area contributed by atoms with Crippen molar-refractivity contribution in [3.8, 4) is 0 Å². The van der Waals surface area contributed by atoms with Gasteiger partial charge < -0.3 is 5.32 Å². The minimum atomic E-state index is 0.339. The summed E-state index contributed by atoms with van der Waals surface area (Å²) in [5, 5.41) is 3.67. The third-order valence-corrected chi connectivity index (χ3v) is 6.28. The van der Waals surface area contributed by atoms with Crippen LogP contribution in [0.1, 0.15) is 39.3 Å². The van der Waals surface area contributed by atoms with E-state index >= 15 is 0 Å². The van der Waals surface area contributed by atoms with E-state index in [4.69, 9.17) is 4.99 Å². The molecule has 2 fully saturated rings. The zero-order chi connectivity index (χ0) is 13.3. The first-order valence-electron chi connectivity index (χ1n) is 7.30. The van der Waals surface area contributed by atoms with Gasteiger partial charge in [-0.3, -0.25) is 9.98 Å². The molecule has 19 heavy (non-hydrogen) atoms. The van der Waals surface area contributed by atoms with Crippen LogP contribution in [0.25, 0.3) is 0 Å². The smallest absolute Gasteiger partial charge is 0.147 e. The molecule has 1 aliphatic heterocycles. The van der Waals surface area contributed by atoms with Gasteiger partial charge in [-0.2, -0.15) is 0 Å². The maximum Gasteiger partial charge on any atom is 0.147 e. The summed E-state index contributed by atoms with van der Waals surface area (Å²) in [6, 6.07) is 6.97. The summed E-state index contributed by atoms with van der Waals surface area (Å²) in [4.78, 5) is 9.44. The lowest BCUT2D eigenvalue weighted by Crippen LogP contribution is -2.41.